The lowest BCUT2D eigenvalue weighted by molar-refractivity contribution is -0.122. The fraction of sp³-hybridized carbons (Fsp3) is 0.438. The number of ether oxygens (including phenoxy) is 2. The van der Waals surface area contributed by atoms with Crippen LogP contribution in [0.3, 0.4) is 0 Å². The Morgan fingerprint density at radius 3 is 2.58 bits per heavy atom. The number of nitrogens with one attached hydrogen (secondary N) is 1. The average Bonchev–Trinajstić information content (AvgIpc) is 3.39. The largest absolute Gasteiger partial charge is 0.454 e. The van der Waals surface area contributed by atoms with Crippen molar-refractivity contribution in [3.63, 3.8) is 0 Å². The summed E-state index contributed by atoms with van der Waals surface area (Å²) in [6.07, 6.45) is 12.1. The maximum atomic E-state index is 12.7. The SMILES string of the molecule is C=CN(CCCCCC(=O)C(C)Cc1ccc2c(c1)OCO2)/C(C)=C(\C)C(=NC)NC(=C)C(/C=C\C)=C/C. The minimum absolute atomic E-state index is 0.0160. The van der Waals surface area contributed by atoms with E-state index < -0.39 is 0 Å². The molecule has 2 rings (SSSR count). The molecule has 0 bridgehead atoms. The molecule has 0 saturated carbocycles. The number of unbranched alkanes of at least 4 members (excludes halogenated alkanes) is 2. The standard InChI is InChI=1S/C32H45N3O3/c1-9-15-28(10-2)25(6)34-32(33-8)24(5)26(7)35(11-3)19-14-12-13-16-29(36)23(4)20-27-17-18-30-31(21-27)38-22-37-30/h9-11,15,17-18,21,23H,3,6,12-14,16,19-20,22H2,1-2,4-5,7-8H3,(H,33,34)/b15-9-,26-24+,28-10+. The topological polar surface area (TPSA) is 63.2 Å². The number of benzene rings is 1. The van der Waals surface area contributed by atoms with Gasteiger partial charge in [0.2, 0.25) is 6.79 Å². The molecule has 206 valence electrons. The first-order chi connectivity index (χ1) is 18.2. The van der Waals surface area contributed by atoms with Crippen molar-refractivity contribution in [3.8, 4) is 11.5 Å². The molecule has 1 aromatic carbocycles. The molecule has 0 fully saturated rings. The summed E-state index contributed by atoms with van der Waals surface area (Å²) in [5, 5.41) is 3.36. The van der Waals surface area contributed by atoms with Gasteiger partial charge in [-0.15, -0.1) is 0 Å². The molecular weight excluding hydrogens is 474 g/mol. The van der Waals surface area contributed by atoms with E-state index in [1.807, 2.05) is 63.4 Å². The van der Waals surface area contributed by atoms with E-state index in [1.165, 1.54) is 0 Å². The summed E-state index contributed by atoms with van der Waals surface area (Å²) in [5.74, 6) is 2.61. The van der Waals surface area contributed by atoms with Gasteiger partial charge in [0.25, 0.3) is 0 Å². The number of aliphatic imine (C=N–C) groups is 1. The first kappa shape index (κ1) is 30.7. The van der Waals surface area contributed by atoms with Crippen LogP contribution in [0.25, 0.3) is 0 Å². The van der Waals surface area contributed by atoms with E-state index in [4.69, 9.17) is 9.47 Å². The molecule has 6 nitrogen and oxygen atoms in total. The fourth-order valence-corrected chi connectivity index (χ4v) is 4.41. The molecule has 1 heterocycles. The van der Waals surface area contributed by atoms with E-state index in [1.54, 1.807) is 7.05 Å². The summed E-state index contributed by atoms with van der Waals surface area (Å²) in [7, 11) is 1.78. The highest BCUT2D eigenvalue weighted by molar-refractivity contribution is 5.99. The molecule has 1 aliphatic heterocycles. The molecule has 0 amide bonds. The number of carbonyl (C=O) groups is 1. The molecule has 38 heavy (non-hydrogen) atoms. The van der Waals surface area contributed by atoms with Crippen molar-refractivity contribution in [3.05, 3.63) is 83.9 Å². The summed E-state index contributed by atoms with van der Waals surface area (Å²) in [6.45, 7) is 19.4. The van der Waals surface area contributed by atoms with Crippen LogP contribution in [0.5, 0.6) is 11.5 Å². The van der Waals surface area contributed by atoms with Gasteiger partial charge in [-0.2, -0.15) is 0 Å². The third-order valence-electron chi connectivity index (χ3n) is 6.90. The maximum absolute atomic E-state index is 12.7. The molecule has 1 N–H and O–H groups in total. The Labute approximate surface area is 229 Å². The number of Topliss-reactive ketones (excluding diaryl/α,β-unsaturated/α-hetero) is 1. The lowest BCUT2D eigenvalue weighted by atomic mass is 9.94. The quantitative estimate of drug-likeness (QED) is 0.116. The number of hydrogen-bond donors (Lipinski definition) is 1. The van der Waals surface area contributed by atoms with Crippen LogP contribution in [0, 0.1) is 5.92 Å². The van der Waals surface area contributed by atoms with Gasteiger partial charge in [0.05, 0.1) is 0 Å². The lowest BCUT2D eigenvalue weighted by Gasteiger charge is -2.24. The van der Waals surface area contributed by atoms with Crippen molar-refractivity contribution in [1.29, 1.82) is 0 Å². The lowest BCUT2D eigenvalue weighted by Crippen LogP contribution is -2.27. The van der Waals surface area contributed by atoms with E-state index in [0.717, 1.165) is 77.7 Å². The van der Waals surface area contributed by atoms with Crippen LogP contribution in [0.2, 0.25) is 0 Å². The molecule has 0 saturated heterocycles. The number of rotatable bonds is 15. The molecule has 6 heteroatoms. The van der Waals surface area contributed by atoms with E-state index in [0.29, 0.717) is 12.2 Å². The third kappa shape index (κ3) is 8.79. The van der Waals surface area contributed by atoms with Crippen molar-refractivity contribution >= 4 is 11.6 Å². The number of carbonyl (C=O) groups excluding carboxylic acids is 1. The first-order valence-corrected chi connectivity index (χ1v) is 13.5. The number of fused-ring (bicyclic) bond motifs is 1. The minimum atomic E-state index is -0.0160. The second kappa shape index (κ2) is 15.7. The van der Waals surface area contributed by atoms with Gasteiger partial charge in [-0.1, -0.05) is 50.8 Å². The van der Waals surface area contributed by atoms with Crippen LogP contribution in [-0.4, -0.2) is 36.9 Å². The summed E-state index contributed by atoms with van der Waals surface area (Å²) in [4.78, 5) is 19.3. The number of ketones is 1. The Bertz CT molecular complexity index is 1110. The zero-order valence-electron chi connectivity index (χ0n) is 24.1. The van der Waals surface area contributed by atoms with Crippen molar-refractivity contribution < 1.29 is 14.3 Å². The average molecular weight is 520 g/mol. The number of amidine groups is 1. The van der Waals surface area contributed by atoms with Gasteiger partial charge in [0.15, 0.2) is 11.5 Å². The zero-order valence-corrected chi connectivity index (χ0v) is 24.1. The Kier molecular flexibility index (Phi) is 12.6. The van der Waals surface area contributed by atoms with E-state index in [9.17, 15) is 4.79 Å². The normalized spacial score (nSPS) is 14.8. The summed E-state index contributed by atoms with van der Waals surface area (Å²) in [6, 6.07) is 5.92. The van der Waals surface area contributed by atoms with Crippen LogP contribution in [0.15, 0.2) is 83.3 Å². The summed E-state index contributed by atoms with van der Waals surface area (Å²) < 4.78 is 10.8. The van der Waals surface area contributed by atoms with Gasteiger partial charge in [0, 0.05) is 42.9 Å². The van der Waals surface area contributed by atoms with Crippen LogP contribution in [0.1, 0.15) is 65.9 Å². The highest BCUT2D eigenvalue weighted by atomic mass is 16.7. The molecule has 1 aliphatic rings. The van der Waals surface area contributed by atoms with Crippen molar-refractivity contribution in [1.82, 2.24) is 10.2 Å². The second-order valence-electron chi connectivity index (χ2n) is 9.58. The summed E-state index contributed by atoms with van der Waals surface area (Å²) >= 11 is 0. The Morgan fingerprint density at radius 1 is 1.18 bits per heavy atom. The molecule has 0 aliphatic carbocycles. The fourth-order valence-electron chi connectivity index (χ4n) is 4.41. The first-order valence-electron chi connectivity index (χ1n) is 13.5. The molecule has 0 aromatic heterocycles. The molecular formula is C32H45N3O3. The van der Waals surface area contributed by atoms with Crippen LogP contribution in [-0.2, 0) is 11.2 Å². The van der Waals surface area contributed by atoms with Crippen LogP contribution in [0.4, 0.5) is 0 Å². The molecule has 1 aromatic rings. The van der Waals surface area contributed by atoms with Crippen molar-refractivity contribution in [2.45, 2.75) is 66.7 Å². The van der Waals surface area contributed by atoms with Crippen LogP contribution < -0.4 is 14.8 Å². The van der Waals surface area contributed by atoms with Gasteiger partial charge in [-0.25, -0.2) is 0 Å². The van der Waals surface area contributed by atoms with E-state index in [-0.39, 0.29) is 12.7 Å². The van der Waals surface area contributed by atoms with Gasteiger partial charge in [-0.3, -0.25) is 9.79 Å². The smallest absolute Gasteiger partial charge is 0.231 e. The Hall–Kier alpha value is -3.54. The van der Waals surface area contributed by atoms with E-state index in [2.05, 4.69) is 42.2 Å². The molecule has 1 atom stereocenters. The van der Waals surface area contributed by atoms with Gasteiger partial charge in [0.1, 0.15) is 11.6 Å². The third-order valence-corrected chi connectivity index (χ3v) is 6.90. The predicted molar refractivity (Wildman–Crippen MR) is 158 cm³/mol. The zero-order chi connectivity index (χ0) is 28.1. The molecule has 1 unspecified atom stereocenters. The van der Waals surface area contributed by atoms with Crippen molar-refractivity contribution in [2.75, 3.05) is 20.4 Å². The van der Waals surface area contributed by atoms with Gasteiger partial charge in [-0.05, 0) is 76.4 Å². The number of allylic oxidation sites excluding steroid dienone is 4. The Morgan fingerprint density at radius 2 is 1.92 bits per heavy atom. The maximum Gasteiger partial charge on any atom is 0.231 e. The van der Waals surface area contributed by atoms with Crippen molar-refractivity contribution in [2.24, 2.45) is 10.9 Å². The van der Waals surface area contributed by atoms with E-state index >= 15 is 0 Å². The molecule has 0 spiro atoms. The highest BCUT2D eigenvalue weighted by Crippen LogP contribution is 2.33. The highest BCUT2D eigenvalue weighted by Gasteiger charge is 2.17. The summed E-state index contributed by atoms with van der Waals surface area (Å²) in [5.41, 5.74) is 5.06. The Balaban J connectivity index is 1.82. The van der Waals surface area contributed by atoms with Gasteiger partial charge >= 0.3 is 0 Å². The number of hydrogen-bond acceptors (Lipinski definition) is 5. The number of nitrogens with zero attached hydrogens (tertiary/aromatic N) is 2. The molecule has 0 radical (unpaired) electrons. The minimum Gasteiger partial charge on any atom is -0.454 e. The van der Waals surface area contributed by atoms with Crippen LogP contribution >= 0.6 is 0 Å². The predicted octanol–water partition coefficient (Wildman–Crippen LogP) is 7.12. The monoisotopic (exact) mass is 519 g/mol. The van der Waals surface area contributed by atoms with Gasteiger partial charge < -0.3 is 19.7 Å². The second-order valence-corrected chi connectivity index (χ2v) is 9.58.